The predicted octanol–water partition coefficient (Wildman–Crippen LogP) is 4.58. The van der Waals surface area contributed by atoms with Crippen LogP contribution < -0.4 is 11.3 Å². The van der Waals surface area contributed by atoms with Crippen molar-refractivity contribution in [3.05, 3.63) is 45.2 Å². The number of thiophene rings is 1. The number of nitrogen functional groups attached to an aromatic ring is 1. The van der Waals surface area contributed by atoms with Crippen LogP contribution in [-0.4, -0.2) is 9.97 Å². The van der Waals surface area contributed by atoms with Crippen LogP contribution in [0.2, 0.25) is 0 Å². The second-order valence-electron chi connectivity index (χ2n) is 5.48. The molecule has 0 aliphatic carbocycles. The number of anilines is 1. The van der Waals surface area contributed by atoms with Crippen molar-refractivity contribution in [3.8, 4) is 10.4 Å². The van der Waals surface area contributed by atoms with Gasteiger partial charge in [-0.15, -0.1) is 11.3 Å². The molecule has 0 bridgehead atoms. The molecule has 0 fully saturated rings. The maximum atomic E-state index is 13.0. The third-order valence-corrected chi connectivity index (χ3v) is 4.90. The highest BCUT2D eigenvalue weighted by atomic mass is 32.1. The topological polar surface area (TPSA) is 71.8 Å². The van der Waals surface area contributed by atoms with E-state index in [1.807, 2.05) is 0 Å². The minimum absolute atomic E-state index is 0.0508. The van der Waals surface area contributed by atoms with Gasteiger partial charge < -0.3 is 5.73 Å². The first kappa shape index (κ1) is 18.2. The normalized spacial score (nSPS) is 12.7. The highest BCUT2D eigenvalue weighted by Gasteiger charge is 2.37. The Bertz CT molecular complexity index is 1030. The van der Waals surface area contributed by atoms with Gasteiger partial charge in [-0.1, -0.05) is 0 Å². The van der Waals surface area contributed by atoms with E-state index >= 15 is 0 Å². The van der Waals surface area contributed by atoms with Gasteiger partial charge in [0.1, 0.15) is 4.83 Å². The van der Waals surface area contributed by atoms with Gasteiger partial charge in [0, 0.05) is 4.88 Å². The third-order valence-electron chi connectivity index (χ3n) is 3.67. The number of benzene rings is 1. The van der Waals surface area contributed by atoms with Gasteiger partial charge in [-0.05, 0) is 36.2 Å². The molecule has 0 unspecified atom stereocenters. The number of H-pyrrole nitrogens is 1. The number of aromatic nitrogens is 2. The Morgan fingerprint density at radius 3 is 2.08 bits per heavy atom. The van der Waals surface area contributed by atoms with E-state index in [1.165, 1.54) is 6.92 Å². The maximum Gasteiger partial charge on any atom is 0.416 e. The van der Waals surface area contributed by atoms with Crippen LogP contribution in [0.3, 0.4) is 0 Å². The van der Waals surface area contributed by atoms with Gasteiger partial charge in [-0.3, -0.25) is 9.78 Å². The standard InChI is InChI=1S/C15H9F6N3OS/c1-5-9-11(25)23-13(22)24-12(9)26-10(5)6-2-7(14(16,17)18)4-8(3-6)15(19,20)21/h2-4H,1H3,(H3,22,23,24,25). The molecule has 138 valence electrons. The maximum absolute atomic E-state index is 13.0. The van der Waals surface area contributed by atoms with Crippen molar-refractivity contribution in [2.24, 2.45) is 0 Å². The molecular formula is C15H9F6N3OS. The van der Waals surface area contributed by atoms with Gasteiger partial charge in [0.15, 0.2) is 0 Å². The molecule has 0 saturated heterocycles. The average Bonchev–Trinajstić information content (AvgIpc) is 2.82. The fourth-order valence-electron chi connectivity index (χ4n) is 2.52. The first-order chi connectivity index (χ1) is 11.9. The summed E-state index contributed by atoms with van der Waals surface area (Å²) >= 11 is 0.798. The Morgan fingerprint density at radius 1 is 1.04 bits per heavy atom. The van der Waals surface area contributed by atoms with Crippen LogP contribution in [0.4, 0.5) is 32.3 Å². The van der Waals surface area contributed by atoms with E-state index in [-0.39, 0.29) is 38.2 Å². The van der Waals surface area contributed by atoms with Gasteiger partial charge in [-0.25, -0.2) is 4.98 Å². The van der Waals surface area contributed by atoms with Gasteiger partial charge >= 0.3 is 12.4 Å². The minimum atomic E-state index is -4.96. The molecule has 1 aromatic carbocycles. The summed E-state index contributed by atoms with van der Waals surface area (Å²) in [7, 11) is 0. The zero-order chi connectivity index (χ0) is 19.4. The largest absolute Gasteiger partial charge is 0.416 e. The number of hydrogen-bond donors (Lipinski definition) is 2. The number of nitrogens with one attached hydrogen (secondary N) is 1. The zero-order valence-corrected chi connectivity index (χ0v) is 13.7. The van der Waals surface area contributed by atoms with Crippen molar-refractivity contribution in [3.63, 3.8) is 0 Å². The fraction of sp³-hybridized carbons (Fsp3) is 0.200. The summed E-state index contributed by atoms with van der Waals surface area (Å²) in [6.45, 7) is 1.43. The lowest BCUT2D eigenvalue weighted by Crippen LogP contribution is -2.11. The summed E-state index contributed by atoms with van der Waals surface area (Å²) in [5, 5.41) is 0.0742. The van der Waals surface area contributed by atoms with E-state index in [9.17, 15) is 31.1 Å². The molecule has 3 N–H and O–H groups in total. The van der Waals surface area contributed by atoms with Crippen molar-refractivity contribution in [1.29, 1.82) is 0 Å². The number of aromatic amines is 1. The number of fused-ring (bicyclic) bond motifs is 1. The second kappa shape index (κ2) is 5.73. The van der Waals surface area contributed by atoms with Crippen LogP contribution in [0.15, 0.2) is 23.0 Å². The second-order valence-corrected chi connectivity index (χ2v) is 6.48. The molecule has 11 heteroatoms. The van der Waals surface area contributed by atoms with Crippen molar-refractivity contribution < 1.29 is 26.3 Å². The van der Waals surface area contributed by atoms with E-state index in [0.717, 1.165) is 11.3 Å². The lowest BCUT2D eigenvalue weighted by molar-refractivity contribution is -0.143. The van der Waals surface area contributed by atoms with Crippen LogP contribution in [0, 0.1) is 6.92 Å². The van der Waals surface area contributed by atoms with Gasteiger partial charge in [0.2, 0.25) is 5.95 Å². The van der Waals surface area contributed by atoms with Crippen LogP contribution in [0.5, 0.6) is 0 Å². The van der Waals surface area contributed by atoms with Crippen molar-refractivity contribution in [2.75, 3.05) is 5.73 Å². The Kier molecular flexibility index (Phi) is 4.02. The highest BCUT2D eigenvalue weighted by Crippen LogP contribution is 2.42. The van der Waals surface area contributed by atoms with Crippen LogP contribution in [-0.2, 0) is 12.4 Å². The predicted molar refractivity (Wildman–Crippen MR) is 84.8 cm³/mol. The molecule has 2 aromatic heterocycles. The monoisotopic (exact) mass is 393 g/mol. The molecule has 0 radical (unpaired) electrons. The minimum Gasteiger partial charge on any atom is -0.369 e. The quantitative estimate of drug-likeness (QED) is 0.595. The molecule has 26 heavy (non-hydrogen) atoms. The summed E-state index contributed by atoms with van der Waals surface area (Å²) in [5.74, 6) is -0.199. The molecule has 4 nitrogen and oxygen atoms in total. The summed E-state index contributed by atoms with van der Waals surface area (Å²) < 4.78 is 78.2. The molecule has 2 heterocycles. The number of hydrogen-bond acceptors (Lipinski definition) is 4. The van der Waals surface area contributed by atoms with Gasteiger partial charge in [-0.2, -0.15) is 26.3 Å². The van der Waals surface area contributed by atoms with Crippen molar-refractivity contribution >= 4 is 27.5 Å². The number of nitrogens with zero attached hydrogens (tertiary/aromatic N) is 1. The SMILES string of the molecule is Cc1c(-c2cc(C(F)(F)F)cc(C(F)(F)F)c2)sc2nc(N)[nH]c(=O)c12. The van der Waals surface area contributed by atoms with Crippen molar-refractivity contribution in [1.82, 2.24) is 9.97 Å². The highest BCUT2D eigenvalue weighted by molar-refractivity contribution is 7.22. The van der Waals surface area contributed by atoms with Gasteiger partial charge in [0.05, 0.1) is 16.5 Å². The third kappa shape index (κ3) is 3.14. The summed E-state index contributed by atoms with van der Waals surface area (Å²) in [4.78, 5) is 18.3. The zero-order valence-electron chi connectivity index (χ0n) is 12.8. The number of alkyl halides is 6. The van der Waals surface area contributed by atoms with Gasteiger partial charge in [0.25, 0.3) is 5.56 Å². The number of rotatable bonds is 1. The summed E-state index contributed by atoms with van der Waals surface area (Å²) in [6.07, 6.45) is -9.92. The number of halogens is 6. The van der Waals surface area contributed by atoms with Crippen LogP contribution in [0.1, 0.15) is 16.7 Å². The first-order valence-electron chi connectivity index (χ1n) is 6.96. The fourth-order valence-corrected chi connectivity index (χ4v) is 3.70. The molecule has 0 atom stereocenters. The Hall–Kier alpha value is -2.56. The molecule has 0 amide bonds. The lowest BCUT2D eigenvalue weighted by atomic mass is 10.0. The summed E-state index contributed by atoms with van der Waals surface area (Å²) in [6, 6.07) is 1.28. The Morgan fingerprint density at radius 2 is 1.58 bits per heavy atom. The molecule has 3 aromatic rings. The lowest BCUT2D eigenvalue weighted by Gasteiger charge is -2.14. The first-order valence-corrected chi connectivity index (χ1v) is 7.78. The average molecular weight is 393 g/mol. The Balaban J connectivity index is 2.33. The summed E-state index contributed by atoms with van der Waals surface area (Å²) in [5.41, 5.74) is 1.88. The van der Waals surface area contributed by atoms with E-state index in [1.54, 1.807) is 0 Å². The molecule has 0 aliphatic heterocycles. The van der Waals surface area contributed by atoms with E-state index in [4.69, 9.17) is 5.73 Å². The number of nitrogens with two attached hydrogens (primary N) is 1. The molecule has 0 saturated carbocycles. The smallest absolute Gasteiger partial charge is 0.369 e. The molecule has 0 aliphatic rings. The number of aryl methyl sites for hydroxylation is 1. The molecular weight excluding hydrogens is 384 g/mol. The van der Waals surface area contributed by atoms with E-state index in [2.05, 4.69) is 9.97 Å². The molecule has 3 rings (SSSR count). The molecule has 0 spiro atoms. The van der Waals surface area contributed by atoms with Crippen molar-refractivity contribution in [2.45, 2.75) is 19.3 Å². The van der Waals surface area contributed by atoms with E-state index < -0.39 is 29.0 Å². The van der Waals surface area contributed by atoms with Crippen LogP contribution in [0.25, 0.3) is 20.7 Å². The van der Waals surface area contributed by atoms with Crippen LogP contribution >= 0.6 is 11.3 Å². The van der Waals surface area contributed by atoms with E-state index in [0.29, 0.717) is 12.1 Å². The Labute approximate surface area is 145 Å².